The average Bonchev–Trinajstić information content (AvgIpc) is 2.94. The van der Waals surface area contributed by atoms with Crippen molar-refractivity contribution in [1.29, 1.82) is 0 Å². The van der Waals surface area contributed by atoms with E-state index in [0.717, 1.165) is 25.9 Å². The smallest absolute Gasteiger partial charge is 0.0492 e. The van der Waals surface area contributed by atoms with Crippen molar-refractivity contribution >= 4 is 11.3 Å². The summed E-state index contributed by atoms with van der Waals surface area (Å²) < 4.78 is 1.93. The van der Waals surface area contributed by atoms with E-state index in [9.17, 15) is 0 Å². The van der Waals surface area contributed by atoms with Crippen molar-refractivity contribution in [3.8, 4) is 0 Å². The summed E-state index contributed by atoms with van der Waals surface area (Å²) in [5.41, 5.74) is 1.28. The maximum Gasteiger partial charge on any atom is 0.0492 e. The van der Waals surface area contributed by atoms with Gasteiger partial charge in [0.15, 0.2) is 0 Å². The quantitative estimate of drug-likeness (QED) is 0.797. The Morgan fingerprint density at radius 2 is 2.12 bits per heavy atom. The molecule has 17 heavy (non-hydrogen) atoms. The van der Waals surface area contributed by atoms with Gasteiger partial charge in [-0.2, -0.15) is 5.10 Å². The molecule has 92 valence electrons. The van der Waals surface area contributed by atoms with Crippen molar-refractivity contribution in [3.63, 3.8) is 0 Å². The zero-order valence-electron chi connectivity index (χ0n) is 10.4. The lowest BCUT2D eigenvalue weighted by molar-refractivity contribution is 0.646. The molecule has 0 aromatic carbocycles. The largest absolute Gasteiger partial charge is 0.311 e. The molecule has 2 aromatic rings. The second-order valence-electron chi connectivity index (χ2n) is 4.09. The Balaban J connectivity index is 1.71. The van der Waals surface area contributed by atoms with E-state index < -0.39 is 0 Å². The Kier molecular flexibility index (Phi) is 4.34. The Morgan fingerprint density at radius 3 is 2.76 bits per heavy atom. The Hall–Kier alpha value is -1.13. The Labute approximate surface area is 106 Å². The molecule has 0 aliphatic rings. The molecule has 2 rings (SSSR count). The van der Waals surface area contributed by atoms with Crippen molar-refractivity contribution in [3.05, 3.63) is 39.8 Å². The Morgan fingerprint density at radius 1 is 1.29 bits per heavy atom. The molecule has 0 unspecified atom stereocenters. The highest BCUT2D eigenvalue weighted by Crippen LogP contribution is 2.16. The van der Waals surface area contributed by atoms with E-state index in [1.54, 1.807) is 0 Å². The zero-order valence-corrected chi connectivity index (χ0v) is 11.3. The van der Waals surface area contributed by atoms with Gasteiger partial charge in [0.25, 0.3) is 0 Å². The van der Waals surface area contributed by atoms with Crippen LogP contribution in [-0.2, 0) is 26.4 Å². The van der Waals surface area contributed by atoms with Crippen LogP contribution in [0, 0.1) is 0 Å². The van der Waals surface area contributed by atoms with Gasteiger partial charge in [0.2, 0.25) is 0 Å². The SMILES string of the molecule is CCc1ccc(CNCCc2ccnn2C)s1. The summed E-state index contributed by atoms with van der Waals surface area (Å²) in [6, 6.07) is 6.52. The van der Waals surface area contributed by atoms with Gasteiger partial charge in [-0.25, -0.2) is 0 Å². The lowest BCUT2D eigenvalue weighted by atomic mass is 10.3. The molecular formula is C13H19N3S. The van der Waals surface area contributed by atoms with Gasteiger partial charge in [-0.3, -0.25) is 4.68 Å². The number of hydrogen-bond acceptors (Lipinski definition) is 3. The topological polar surface area (TPSA) is 29.9 Å². The van der Waals surface area contributed by atoms with E-state index in [1.165, 1.54) is 15.4 Å². The third kappa shape index (κ3) is 3.41. The Bertz CT molecular complexity index is 459. The summed E-state index contributed by atoms with van der Waals surface area (Å²) in [4.78, 5) is 2.89. The van der Waals surface area contributed by atoms with E-state index in [0.29, 0.717) is 0 Å². The third-order valence-electron chi connectivity index (χ3n) is 2.85. The van der Waals surface area contributed by atoms with E-state index in [2.05, 4.69) is 35.5 Å². The maximum atomic E-state index is 4.16. The fraction of sp³-hybridized carbons (Fsp3) is 0.462. The summed E-state index contributed by atoms with van der Waals surface area (Å²) in [5, 5.41) is 7.63. The van der Waals surface area contributed by atoms with E-state index in [1.807, 2.05) is 29.3 Å². The van der Waals surface area contributed by atoms with Crippen molar-refractivity contribution < 1.29 is 0 Å². The van der Waals surface area contributed by atoms with Crippen LogP contribution in [0.15, 0.2) is 24.4 Å². The molecule has 0 saturated carbocycles. The third-order valence-corrected chi connectivity index (χ3v) is 4.07. The van der Waals surface area contributed by atoms with Crippen LogP contribution in [0.1, 0.15) is 22.4 Å². The summed E-state index contributed by atoms with van der Waals surface area (Å²) in [5.74, 6) is 0. The van der Waals surface area contributed by atoms with E-state index >= 15 is 0 Å². The van der Waals surface area contributed by atoms with E-state index in [-0.39, 0.29) is 0 Å². The molecule has 0 radical (unpaired) electrons. The summed E-state index contributed by atoms with van der Waals surface area (Å²) >= 11 is 1.90. The number of aryl methyl sites for hydroxylation is 2. The van der Waals surface area contributed by atoms with Crippen LogP contribution < -0.4 is 5.32 Å². The molecule has 2 heterocycles. The van der Waals surface area contributed by atoms with Crippen LogP contribution in [0.2, 0.25) is 0 Å². The van der Waals surface area contributed by atoms with Crippen LogP contribution in [-0.4, -0.2) is 16.3 Å². The predicted molar refractivity (Wildman–Crippen MR) is 72.3 cm³/mol. The average molecular weight is 249 g/mol. The van der Waals surface area contributed by atoms with Gasteiger partial charge in [0.05, 0.1) is 0 Å². The molecule has 0 amide bonds. The molecule has 0 spiro atoms. The molecule has 0 fully saturated rings. The molecule has 4 heteroatoms. The minimum Gasteiger partial charge on any atom is -0.311 e. The highest BCUT2D eigenvalue weighted by molar-refractivity contribution is 7.11. The zero-order chi connectivity index (χ0) is 12.1. The van der Waals surface area contributed by atoms with Crippen molar-refractivity contribution in [2.75, 3.05) is 6.54 Å². The summed E-state index contributed by atoms with van der Waals surface area (Å²) in [7, 11) is 1.99. The second kappa shape index (κ2) is 5.98. The minimum atomic E-state index is 0.975. The monoisotopic (exact) mass is 249 g/mol. The van der Waals surface area contributed by atoms with Crippen LogP contribution in [0.25, 0.3) is 0 Å². The first-order valence-corrected chi connectivity index (χ1v) is 6.86. The molecule has 0 atom stereocenters. The first kappa shape index (κ1) is 12.3. The molecular weight excluding hydrogens is 230 g/mol. The second-order valence-corrected chi connectivity index (χ2v) is 5.35. The van der Waals surface area contributed by atoms with Crippen LogP contribution >= 0.6 is 11.3 Å². The van der Waals surface area contributed by atoms with Gasteiger partial charge >= 0.3 is 0 Å². The van der Waals surface area contributed by atoms with E-state index in [4.69, 9.17) is 0 Å². The standard InChI is InChI=1S/C13H19N3S/c1-3-12-4-5-13(17-12)10-14-8-6-11-7-9-15-16(11)2/h4-5,7,9,14H,3,6,8,10H2,1-2H3. The molecule has 0 aliphatic heterocycles. The van der Waals surface area contributed by atoms with Gasteiger partial charge in [-0.05, 0) is 24.6 Å². The van der Waals surface area contributed by atoms with Gasteiger partial charge < -0.3 is 5.32 Å². The summed E-state index contributed by atoms with van der Waals surface area (Å²) in [6.45, 7) is 4.17. The number of nitrogens with one attached hydrogen (secondary N) is 1. The fourth-order valence-electron chi connectivity index (χ4n) is 1.78. The normalized spacial score (nSPS) is 10.9. The molecule has 1 N–H and O–H groups in total. The van der Waals surface area contributed by atoms with Gasteiger partial charge in [-0.15, -0.1) is 11.3 Å². The minimum absolute atomic E-state index is 0.975. The molecule has 3 nitrogen and oxygen atoms in total. The molecule has 0 aliphatic carbocycles. The highest BCUT2D eigenvalue weighted by atomic mass is 32.1. The van der Waals surface area contributed by atoms with Gasteiger partial charge in [-0.1, -0.05) is 6.92 Å². The predicted octanol–water partition coefficient (Wildman–Crippen LogP) is 2.38. The van der Waals surface area contributed by atoms with Gasteiger partial charge in [0.1, 0.15) is 0 Å². The molecule has 2 aromatic heterocycles. The highest BCUT2D eigenvalue weighted by Gasteiger charge is 2.00. The fourth-order valence-corrected chi connectivity index (χ4v) is 2.71. The van der Waals surface area contributed by atoms with Gasteiger partial charge in [0, 0.05) is 48.2 Å². The van der Waals surface area contributed by atoms with Crippen LogP contribution in [0.5, 0.6) is 0 Å². The number of hydrogen-bond donors (Lipinski definition) is 1. The molecule has 0 bridgehead atoms. The molecule has 0 saturated heterocycles. The lowest BCUT2D eigenvalue weighted by Gasteiger charge is -2.03. The van der Waals surface area contributed by atoms with Crippen molar-refractivity contribution in [1.82, 2.24) is 15.1 Å². The number of nitrogens with zero attached hydrogens (tertiary/aromatic N) is 2. The summed E-state index contributed by atoms with van der Waals surface area (Å²) in [6.07, 6.45) is 4.02. The number of aromatic nitrogens is 2. The first-order valence-electron chi connectivity index (χ1n) is 6.04. The van der Waals surface area contributed by atoms with Crippen molar-refractivity contribution in [2.24, 2.45) is 7.05 Å². The van der Waals surface area contributed by atoms with Crippen LogP contribution in [0.4, 0.5) is 0 Å². The first-order chi connectivity index (χ1) is 8.29. The maximum absolute atomic E-state index is 4.16. The van der Waals surface area contributed by atoms with Crippen molar-refractivity contribution in [2.45, 2.75) is 26.3 Å². The lowest BCUT2D eigenvalue weighted by Crippen LogP contribution is -2.17. The number of thiophene rings is 1. The van der Waals surface area contributed by atoms with Crippen LogP contribution in [0.3, 0.4) is 0 Å². The number of rotatable bonds is 6.